The molecule has 2 aromatic carbocycles. The lowest BCUT2D eigenvalue weighted by Crippen LogP contribution is -2.43. The smallest absolute Gasteiger partial charge is 0.313 e. The lowest BCUT2D eigenvalue weighted by atomic mass is 9.86. The summed E-state index contributed by atoms with van der Waals surface area (Å²) in [5, 5.41) is 5.09. The number of amides is 1. The van der Waals surface area contributed by atoms with Crippen LogP contribution in [0.2, 0.25) is 0 Å². The molecule has 1 amide bonds. The number of nitrogens with one attached hydrogen (secondary N) is 1. The van der Waals surface area contributed by atoms with Crippen molar-refractivity contribution in [3.05, 3.63) is 42.0 Å². The maximum atomic E-state index is 12.4. The van der Waals surface area contributed by atoms with Crippen LogP contribution in [0.1, 0.15) is 51.0 Å². The van der Waals surface area contributed by atoms with E-state index < -0.39 is 5.92 Å². The molecule has 150 valence electrons. The van der Waals surface area contributed by atoms with E-state index in [4.69, 9.17) is 9.47 Å². The summed E-state index contributed by atoms with van der Waals surface area (Å²) >= 11 is 0. The second-order valence-corrected chi connectivity index (χ2v) is 7.74. The first-order valence-corrected chi connectivity index (χ1v) is 10.0. The number of carbonyl (C=O) groups excluding carboxylic acids is 2. The van der Waals surface area contributed by atoms with Crippen LogP contribution in [0.3, 0.4) is 0 Å². The van der Waals surface area contributed by atoms with Gasteiger partial charge in [-0.15, -0.1) is 0 Å². The number of carbonyl (C=O) groups is 2. The molecule has 1 aliphatic carbocycles. The molecule has 5 nitrogen and oxygen atoms in total. The minimum Gasteiger partial charge on any atom is -0.497 e. The van der Waals surface area contributed by atoms with Crippen LogP contribution < -0.4 is 10.1 Å². The first-order chi connectivity index (χ1) is 13.5. The number of rotatable bonds is 6. The summed E-state index contributed by atoms with van der Waals surface area (Å²) in [6.07, 6.45) is 4.49. The third-order valence-electron chi connectivity index (χ3n) is 5.73. The molecule has 0 bridgehead atoms. The highest BCUT2D eigenvalue weighted by molar-refractivity contribution is 5.87. The molecule has 3 atom stereocenters. The fraction of sp³-hybridized carbons (Fsp3) is 0.478. The summed E-state index contributed by atoms with van der Waals surface area (Å²) in [5.74, 6) is 0.229. The molecule has 0 saturated heterocycles. The van der Waals surface area contributed by atoms with Gasteiger partial charge in [-0.25, -0.2) is 0 Å². The fourth-order valence-corrected chi connectivity index (χ4v) is 3.82. The summed E-state index contributed by atoms with van der Waals surface area (Å²) in [7, 11) is 1.64. The van der Waals surface area contributed by atoms with Crippen molar-refractivity contribution in [3.63, 3.8) is 0 Å². The van der Waals surface area contributed by atoms with Gasteiger partial charge in [0.2, 0.25) is 0 Å². The van der Waals surface area contributed by atoms with Crippen LogP contribution in [0.25, 0.3) is 10.8 Å². The quantitative estimate of drug-likeness (QED) is 0.760. The first kappa shape index (κ1) is 20.2. The Bertz CT molecular complexity index is 848. The number of hydrogen-bond acceptors (Lipinski definition) is 4. The first-order valence-electron chi connectivity index (χ1n) is 10.0. The fourth-order valence-electron chi connectivity index (χ4n) is 3.82. The second-order valence-electron chi connectivity index (χ2n) is 7.74. The Morgan fingerprint density at radius 3 is 2.57 bits per heavy atom. The number of ether oxygens (including phenoxy) is 2. The van der Waals surface area contributed by atoms with Crippen LogP contribution in [0, 0.1) is 5.92 Å². The molecule has 0 aromatic heterocycles. The predicted molar refractivity (Wildman–Crippen MR) is 109 cm³/mol. The zero-order valence-electron chi connectivity index (χ0n) is 16.9. The number of esters is 1. The van der Waals surface area contributed by atoms with E-state index in [9.17, 15) is 9.59 Å². The topological polar surface area (TPSA) is 64.6 Å². The standard InChI is InChI=1S/C23H29NO4/c1-15-6-4-5-7-21(15)24-22(25)14-28-23(26)16(2)17-8-9-19-13-20(27-3)11-10-18(19)12-17/h8-13,15-16,21H,4-7,14H2,1-3H3,(H,24,25)/t15-,16+,21+/m1/s1. The van der Waals surface area contributed by atoms with Gasteiger partial charge in [0, 0.05) is 6.04 Å². The number of benzene rings is 2. The summed E-state index contributed by atoms with van der Waals surface area (Å²) < 4.78 is 10.5. The molecule has 0 unspecified atom stereocenters. The zero-order valence-corrected chi connectivity index (χ0v) is 16.9. The Morgan fingerprint density at radius 1 is 1.11 bits per heavy atom. The Balaban J connectivity index is 1.56. The predicted octanol–water partition coefficient (Wildman–Crippen LogP) is 4.19. The van der Waals surface area contributed by atoms with E-state index in [1.54, 1.807) is 14.0 Å². The zero-order chi connectivity index (χ0) is 20.1. The van der Waals surface area contributed by atoms with E-state index in [1.807, 2.05) is 36.4 Å². The normalized spacial score (nSPS) is 20.4. The van der Waals surface area contributed by atoms with Gasteiger partial charge in [0.05, 0.1) is 13.0 Å². The molecule has 2 aromatic rings. The molecular formula is C23H29NO4. The van der Waals surface area contributed by atoms with Gasteiger partial charge in [0.1, 0.15) is 5.75 Å². The lowest BCUT2D eigenvalue weighted by Gasteiger charge is -2.29. The van der Waals surface area contributed by atoms with Crippen molar-refractivity contribution >= 4 is 22.6 Å². The molecule has 0 spiro atoms. The highest BCUT2D eigenvalue weighted by atomic mass is 16.5. The number of methoxy groups -OCH3 is 1. The van der Waals surface area contributed by atoms with Crippen molar-refractivity contribution in [1.82, 2.24) is 5.32 Å². The van der Waals surface area contributed by atoms with Crippen molar-refractivity contribution in [2.45, 2.75) is 51.5 Å². The van der Waals surface area contributed by atoms with E-state index in [1.165, 1.54) is 6.42 Å². The van der Waals surface area contributed by atoms with Crippen LogP contribution in [0.15, 0.2) is 36.4 Å². The molecule has 1 fully saturated rings. The van der Waals surface area contributed by atoms with Gasteiger partial charge in [0.25, 0.3) is 5.91 Å². The highest BCUT2D eigenvalue weighted by Gasteiger charge is 2.24. The summed E-state index contributed by atoms with van der Waals surface area (Å²) in [4.78, 5) is 24.6. The monoisotopic (exact) mass is 383 g/mol. The molecule has 28 heavy (non-hydrogen) atoms. The van der Waals surface area contributed by atoms with Gasteiger partial charge >= 0.3 is 5.97 Å². The Morgan fingerprint density at radius 2 is 1.82 bits per heavy atom. The molecule has 1 saturated carbocycles. The van der Waals surface area contributed by atoms with Gasteiger partial charge in [-0.05, 0) is 54.2 Å². The number of fused-ring (bicyclic) bond motifs is 1. The van der Waals surface area contributed by atoms with Crippen molar-refractivity contribution in [2.75, 3.05) is 13.7 Å². The van der Waals surface area contributed by atoms with Crippen molar-refractivity contribution in [2.24, 2.45) is 5.92 Å². The van der Waals surface area contributed by atoms with Crippen molar-refractivity contribution in [3.8, 4) is 5.75 Å². The van der Waals surface area contributed by atoms with E-state index in [0.717, 1.165) is 41.3 Å². The molecule has 1 aliphatic rings. The highest BCUT2D eigenvalue weighted by Crippen LogP contribution is 2.26. The summed E-state index contributed by atoms with van der Waals surface area (Å²) in [5.41, 5.74) is 0.865. The van der Waals surface area contributed by atoms with Gasteiger partial charge < -0.3 is 14.8 Å². The largest absolute Gasteiger partial charge is 0.497 e. The minimum atomic E-state index is -0.437. The average molecular weight is 383 g/mol. The molecule has 0 heterocycles. The van der Waals surface area contributed by atoms with Crippen LogP contribution in [-0.4, -0.2) is 31.6 Å². The molecule has 3 rings (SSSR count). The lowest BCUT2D eigenvalue weighted by molar-refractivity contribution is -0.150. The molecule has 1 N–H and O–H groups in total. The van der Waals surface area contributed by atoms with Crippen LogP contribution in [0.4, 0.5) is 0 Å². The molecular weight excluding hydrogens is 354 g/mol. The van der Waals surface area contributed by atoms with Crippen molar-refractivity contribution < 1.29 is 19.1 Å². The van der Waals surface area contributed by atoms with E-state index in [0.29, 0.717) is 5.92 Å². The van der Waals surface area contributed by atoms with Crippen molar-refractivity contribution in [1.29, 1.82) is 0 Å². The summed E-state index contributed by atoms with van der Waals surface area (Å²) in [6.45, 7) is 3.73. The van der Waals surface area contributed by atoms with Gasteiger partial charge in [-0.3, -0.25) is 9.59 Å². The Labute approximate surface area is 166 Å². The maximum absolute atomic E-state index is 12.4. The van der Waals surface area contributed by atoms with E-state index in [2.05, 4.69) is 12.2 Å². The van der Waals surface area contributed by atoms with Gasteiger partial charge in [-0.1, -0.05) is 44.0 Å². The van der Waals surface area contributed by atoms with Crippen LogP contribution in [-0.2, 0) is 14.3 Å². The second kappa shape index (κ2) is 9.09. The molecule has 0 radical (unpaired) electrons. The van der Waals surface area contributed by atoms with Crippen LogP contribution >= 0.6 is 0 Å². The third kappa shape index (κ3) is 4.83. The minimum absolute atomic E-state index is 0.190. The summed E-state index contributed by atoms with van der Waals surface area (Å²) in [6, 6.07) is 11.9. The number of hydrogen-bond donors (Lipinski definition) is 1. The van der Waals surface area contributed by atoms with Crippen LogP contribution in [0.5, 0.6) is 5.75 Å². The van der Waals surface area contributed by atoms with E-state index >= 15 is 0 Å². The van der Waals surface area contributed by atoms with Gasteiger partial charge in [0.15, 0.2) is 6.61 Å². The third-order valence-corrected chi connectivity index (χ3v) is 5.73. The average Bonchev–Trinajstić information content (AvgIpc) is 2.72. The Hall–Kier alpha value is -2.56. The van der Waals surface area contributed by atoms with Gasteiger partial charge in [-0.2, -0.15) is 0 Å². The molecule has 0 aliphatic heterocycles. The molecule has 5 heteroatoms. The SMILES string of the molecule is COc1ccc2cc([C@H](C)C(=O)OCC(=O)N[C@H]3CCCC[C@H]3C)ccc2c1. The van der Waals surface area contributed by atoms with E-state index in [-0.39, 0.29) is 24.5 Å². The Kier molecular flexibility index (Phi) is 6.55. The maximum Gasteiger partial charge on any atom is 0.313 e.